The number of nitriles is 1. The molecule has 3 rings (SSSR count). The van der Waals surface area contributed by atoms with Crippen LogP contribution in [0, 0.1) is 11.3 Å². The average molecular weight is 495 g/mol. The number of aliphatic hydroxyl groups excluding tert-OH is 2. The number of nitrogens with one attached hydrogen (secondary N) is 3. The Morgan fingerprint density at radius 2 is 1.89 bits per heavy atom. The molecular weight excluding hydrogens is 472 g/mol. The topological polar surface area (TPSA) is 152 Å². The normalized spacial score (nSPS) is 11.8. The van der Waals surface area contributed by atoms with E-state index in [2.05, 4.69) is 25.9 Å². The minimum Gasteiger partial charge on any atom is -0.456 e. The van der Waals surface area contributed by atoms with Crippen LogP contribution in [-0.2, 0) is 6.54 Å². The minimum absolute atomic E-state index is 0.124. The molecule has 0 fully saturated rings. The van der Waals surface area contributed by atoms with E-state index < -0.39 is 18.7 Å². The Morgan fingerprint density at radius 1 is 1.14 bits per heavy atom. The smallest absolute Gasteiger partial charge is 0.321 e. The SMILES string of the molecule is N#Cc1cncc(Oc2ccc(NC(=NCc3ccc(Cl)cc3)NC(=O)NC[C@H](O)CO)cc2)c1. The molecule has 5 N–H and O–H groups in total. The standard InChI is InChI=1S/C24H23ClN6O4/c25-18-3-1-16(2-4-18)12-28-23(31-24(34)29-13-20(33)15-32)30-19-5-7-21(8-6-19)35-22-9-17(10-26)11-27-14-22/h1-9,11,14,20,32-33H,12-13,15H2,(H3,28,29,30,31,34)/t20-/m0/s1. The van der Waals surface area contributed by atoms with Gasteiger partial charge in [-0.05, 0) is 42.0 Å². The van der Waals surface area contributed by atoms with Crippen LogP contribution in [0.15, 0.2) is 72.0 Å². The summed E-state index contributed by atoms with van der Waals surface area (Å²) in [7, 11) is 0. The molecule has 1 atom stereocenters. The maximum Gasteiger partial charge on any atom is 0.321 e. The number of halogens is 1. The van der Waals surface area contributed by atoms with Gasteiger partial charge in [-0.15, -0.1) is 0 Å². The van der Waals surface area contributed by atoms with Gasteiger partial charge in [-0.1, -0.05) is 23.7 Å². The number of carbonyl (C=O) groups is 1. The summed E-state index contributed by atoms with van der Waals surface area (Å²) in [6.45, 7) is -0.329. The lowest BCUT2D eigenvalue weighted by Gasteiger charge is -2.14. The molecule has 1 heterocycles. The van der Waals surface area contributed by atoms with Crippen LogP contribution in [-0.4, -0.2) is 46.4 Å². The van der Waals surface area contributed by atoms with Crippen molar-refractivity contribution in [1.29, 1.82) is 5.26 Å². The monoisotopic (exact) mass is 494 g/mol. The Balaban J connectivity index is 1.69. The summed E-state index contributed by atoms with van der Waals surface area (Å²) in [6, 6.07) is 17.0. The number of hydrogen-bond acceptors (Lipinski definition) is 7. The van der Waals surface area contributed by atoms with Crippen molar-refractivity contribution in [2.24, 2.45) is 4.99 Å². The van der Waals surface area contributed by atoms with Gasteiger partial charge in [0.1, 0.15) is 17.6 Å². The number of aromatic nitrogens is 1. The van der Waals surface area contributed by atoms with Gasteiger partial charge in [0.2, 0.25) is 5.96 Å². The molecule has 11 heteroatoms. The molecule has 2 amide bonds. The summed E-state index contributed by atoms with van der Waals surface area (Å²) in [4.78, 5) is 20.6. The van der Waals surface area contributed by atoms with E-state index >= 15 is 0 Å². The molecule has 0 saturated heterocycles. The second-order valence-electron chi connectivity index (χ2n) is 7.24. The number of guanidine groups is 1. The quantitative estimate of drug-likeness (QED) is 0.238. The van der Waals surface area contributed by atoms with Crippen LogP contribution in [0.5, 0.6) is 11.5 Å². The van der Waals surface area contributed by atoms with E-state index in [4.69, 9.17) is 26.7 Å². The molecule has 0 aliphatic carbocycles. The molecule has 35 heavy (non-hydrogen) atoms. The molecule has 1 aromatic heterocycles. The number of anilines is 1. The number of hydrogen-bond donors (Lipinski definition) is 5. The highest BCUT2D eigenvalue weighted by atomic mass is 35.5. The van der Waals surface area contributed by atoms with Gasteiger partial charge in [0, 0.05) is 29.5 Å². The third kappa shape index (κ3) is 8.60. The molecule has 10 nitrogen and oxygen atoms in total. The first-order valence-electron chi connectivity index (χ1n) is 10.5. The number of amides is 2. The van der Waals surface area contributed by atoms with Crippen LogP contribution in [0.1, 0.15) is 11.1 Å². The molecule has 0 bridgehead atoms. The van der Waals surface area contributed by atoms with E-state index in [-0.39, 0.29) is 19.0 Å². The lowest BCUT2D eigenvalue weighted by molar-refractivity contribution is 0.0961. The molecule has 2 aromatic carbocycles. The Bertz CT molecular complexity index is 1200. The highest BCUT2D eigenvalue weighted by molar-refractivity contribution is 6.30. The van der Waals surface area contributed by atoms with Crippen LogP contribution in [0.25, 0.3) is 0 Å². The summed E-state index contributed by atoms with van der Waals surface area (Å²) in [5.41, 5.74) is 1.88. The van der Waals surface area contributed by atoms with Crippen molar-refractivity contribution in [3.05, 3.63) is 83.1 Å². The minimum atomic E-state index is -1.07. The van der Waals surface area contributed by atoms with Crippen molar-refractivity contribution >= 4 is 29.3 Å². The molecule has 3 aromatic rings. The largest absolute Gasteiger partial charge is 0.456 e. The first-order chi connectivity index (χ1) is 16.9. The van der Waals surface area contributed by atoms with E-state index in [0.717, 1.165) is 5.56 Å². The first-order valence-corrected chi connectivity index (χ1v) is 10.9. The summed E-state index contributed by atoms with van der Waals surface area (Å²) in [6.07, 6.45) is 1.88. The first kappa shape index (κ1) is 25.5. The van der Waals surface area contributed by atoms with E-state index in [1.54, 1.807) is 42.5 Å². The van der Waals surface area contributed by atoms with E-state index in [9.17, 15) is 9.90 Å². The number of rotatable bonds is 8. The summed E-state index contributed by atoms with van der Waals surface area (Å²) in [5.74, 6) is 1.12. The second kappa shape index (κ2) is 12.9. The lowest BCUT2D eigenvalue weighted by Crippen LogP contribution is -2.45. The zero-order valence-electron chi connectivity index (χ0n) is 18.5. The number of aliphatic hydroxyl groups is 2. The molecule has 180 valence electrons. The number of pyridine rings is 1. The Hall–Kier alpha value is -4.17. The van der Waals surface area contributed by atoms with Crippen LogP contribution >= 0.6 is 11.6 Å². The molecular formula is C24H23ClN6O4. The number of urea groups is 1. The zero-order valence-corrected chi connectivity index (χ0v) is 19.2. The van der Waals surface area contributed by atoms with Gasteiger partial charge in [0.15, 0.2) is 0 Å². The van der Waals surface area contributed by atoms with Gasteiger partial charge < -0.3 is 25.6 Å². The molecule has 0 aliphatic rings. The molecule has 0 unspecified atom stereocenters. The summed E-state index contributed by atoms with van der Waals surface area (Å²) < 4.78 is 5.72. The number of nitrogens with zero attached hydrogens (tertiary/aromatic N) is 3. The molecule has 0 saturated carbocycles. The van der Waals surface area contributed by atoms with Gasteiger partial charge >= 0.3 is 6.03 Å². The number of aliphatic imine (C=N–C) groups is 1. The van der Waals surface area contributed by atoms with Crippen LogP contribution in [0.2, 0.25) is 5.02 Å². The van der Waals surface area contributed by atoms with Crippen molar-refractivity contribution in [1.82, 2.24) is 15.6 Å². The highest BCUT2D eigenvalue weighted by Gasteiger charge is 2.09. The molecule has 0 aliphatic heterocycles. The van der Waals surface area contributed by atoms with Crippen molar-refractivity contribution in [3.63, 3.8) is 0 Å². The third-order valence-electron chi connectivity index (χ3n) is 4.47. The third-order valence-corrected chi connectivity index (χ3v) is 4.72. The Labute approximate surface area is 206 Å². The molecule has 0 radical (unpaired) electrons. The fourth-order valence-electron chi connectivity index (χ4n) is 2.71. The van der Waals surface area contributed by atoms with E-state index in [1.165, 1.54) is 12.4 Å². The van der Waals surface area contributed by atoms with Gasteiger partial charge in [-0.3, -0.25) is 10.3 Å². The maximum atomic E-state index is 12.2. The summed E-state index contributed by atoms with van der Waals surface area (Å²) in [5, 5.41) is 36.0. The Morgan fingerprint density at radius 3 is 2.57 bits per heavy atom. The fourth-order valence-corrected chi connectivity index (χ4v) is 2.84. The van der Waals surface area contributed by atoms with Crippen molar-refractivity contribution < 1.29 is 19.7 Å². The van der Waals surface area contributed by atoms with Gasteiger partial charge in [-0.25, -0.2) is 9.79 Å². The Kier molecular flexibility index (Phi) is 9.39. The highest BCUT2D eigenvalue weighted by Crippen LogP contribution is 2.23. The number of carbonyl (C=O) groups excluding carboxylic acids is 1. The zero-order chi connectivity index (χ0) is 25.0. The summed E-state index contributed by atoms with van der Waals surface area (Å²) >= 11 is 5.92. The maximum absolute atomic E-state index is 12.2. The van der Waals surface area contributed by atoms with Gasteiger partial charge in [-0.2, -0.15) is 5.26 Å². The molecule has 0 spiro atoms. The number of ether oxygens (including phenoxy) is 1. The van der Waals surface area contributed by atoms with Gasteiger partial charge in [0.25, 0.3) is 0 Å². The van der Waals surface area contributed by atoms with Crippen molar-refractivity contribution in [2.75, 3.05) is 18.5 Å². The van der Waals surface area contributed by atoms with Gasteiger partial charge in [0.05, 0.1) is 31.0 Å². The number of benzene rings is 2. The van der Waals surface area contributed by atoms with Crippen molar-refractivity contribution in [3.8, 4) is 17.6 Å². The van der Waals surface area contributed by atoms with Crippen LogP contribution in [0.4, 0.5) is 10.5 Å². The second-order valence-corrected chi connectivity index (χ2v) is 7.67. The predicted octanol–water partition coefficient (Wildman–Crippen LogP) is 3.02. The fraction of sp³-hybridized carbons (Fsp3) is 0.167. The van der Waals surface area contributed by atoms with Crippen molar-refractivity contribution in [2.45, 2.75) is 12.6 Å². The van der Waals surface area contributed by atoms with E-state index in [0.29, 0.717) is 27.8 Å². The van der Waals surface area contributed by atoms with Crippen LogP contribution < -0.4 is 20.7 Å². The van der Waals surface area contributed by atoms with Crippen LogP contribution in [0.3, 0.4) is 0 Å². The average Bonchev–Trinajstić information content (AvgIpc) is 2.88. The lowest BCUT2D eigenvalue weighted by atomic mass is 10.2. The van der Waals surface area contributed by atoms with E-state index in [1.807, 2.05) is 18.2 Å². The predicted molar refractivity (Wildman–Crippen MR) is 131 cm³/mol.